The van der Waals surface area contributed by atoms with E-state index in [2.05, 4.69) is 10.1 Å². The number of rotatable bonds is 2. The van der Waals surface area contributed by atoms with Crippen LogP contribution >= 0.6 is 0 Å². The van der Waals surface area contributed by atoms with Crippen molar-refractivity contribution in [1.29, 1.82) is 0 Å². The molecular weight excluding hydrogens is 354 g/mol. The zero-order valence-electron chi connectivity index (χ0n) is 16.4. The van der Waals surface area contributed by atoms with Crippen LogP contribution in [0.4, 0.5) is 0 Å². The summed E-state index contributed by atoms with van der Waals surface area (Å²) in [6, 6.07) is 6.60. The van der Waals surface area contributed by atoms with Gasteiger partial charge in [-0.05, 0) is 57.8 Å². The number of benzene rings is 1. The van der Waals surface area contributed by atoms with E-state index in [1.54, 1.807) is 0 Å². The summed E-state index contributed by atoms with van der Waals surface area (Å²) in [4.78, 5) is 17.7. The first-order valence-corrected chi connectivity index (χ1v) is 10.5. The Morgan fingerprint density at radius 2 is 1.89 bits per heavy atom. The van der Waals surface area contributed by atoms with Gasteiger partial charge in [0, 0.05) is 19.1 Å². The van der Waals surface area contributed by atoms with E-state index in [0.29, 0.717) is 24.1 Å². The van der Waals surface area contributed by atoms with Crippen LogP contribution in [0.25, 0.3) is 11.3 Å². The van der Waals surface area contributed by atoms with Crippen LogP contribution in [0.3, 0.4) is 0 Å². The molecule has 6 nitrogen and oxygen atoms in total. The van der Waals surface area contributed by atoms with Gasteiger partial charge in [0.25, 0.3) is 5.91 Å². The van der Waals surface area contributed by atoms with Crippen molar-refractivity contribution in [3.63, 3.8) is 0 Å². The van der Waals surface area contributed by atoms with Gasteiger partial charge in [0.2, 0.25) is 0 Å². The van der Waals surface area contributed by atoms with Crippen LogP contribution in [0.5, 0.6) is 5.75 Å². The minimum Gasteiger partial charge on any atom is -0.488 e. The van der Waals surface area contributed by atoms with Crippen LogP contribution in [0.2, 0.25) is 0 Å². The predicted octanol–water partition coefficient (Wildman–Crippen LogP) is 3.63. The van der Waals surface area contributed by atoms with Crippen molar-refractivity contribution in [3.05, 3.63) is 35.0 Å². The Morgan fingerprint density at radius 3 is 2.68 bits per heavy atom. The molecule has 2 fully saturated rings. The number of ether oxygens (including phenoxy) is 1. The molecule has 4 heterocycles. The minimum absolute atomic E-state index is 0.0261. The van der Waals surface area contributed by atoms with Gasteiger partial charge in [-0.2, -0.15) is 0 Å². The number of fused-ring (bicyclic) bond motifs is 3. The van der Waals surface area contributed by atoms with Gasteiger partial charge in [0.15, 0.2) is 11.5 Å². The number of aryl methyl sites for hydroxylation is 1. The van der Waals surface area contributed by atoms with Crippen LogP contribution in [0.15, 0.2) is 22.7 Å². The smallest absolute Gasteiger partial charge is 0.276 e. The Morgan fingerprint density at radius 1 is 1.11 bits per heavy atom. The predicted molar refractivity (Wildman–Crippen MR) is 105 cm³/mol. The summed E-state index contributed by atoms with van der Waals surface area (Å²) in [5, 5.41) is 4.15. The van der Waals surface area contributed by atoms with Gasteiger partial charge in [-0.1, -0.05) is 23.2 Å². The number of hydrogen-bond acceptors (Lipinski definition) is 5. The van der Waals surface area contributed by atoms with Gasteiger partial charge in [-0.25, -0.2) is 0 Å². The van der Waals surface area contributed by atoms with E-state index < -0.39 is 0 Å². The molecule has 0 spiro atoms. The fourth-order valence-electron chi connectivity index (χ4n) is 4.79. The highest BCUT2D eigenvalue weighted by molar-refractivity contribution is 5.95. The van der Waals surface area contributed by atoms with Gasteiger partial charge in [-0.15, -0.1) is 0 Å². The summed E-state index contributed by atoms with van der Waals surface area (Å²) >= 11 is 0. The SMILES string of the molecule is Cc1ccc2c(c1)-c1onc(C(=O)N3CCC(N4CCCCC4)CC3)c1CO2. The van der Waals surface area contributed by atoms with E-state index in [0.717, 1.165) is 48.4 Å². The molecule has 0 bridgehead atoms. The van der Waals surface area contributed by atoms with E-state index in [1.165, 1.54) is 32.4 Å². The molecule has 0 aliphatic carbocycles. The Kier molecular flexibility index (Phi) is 4.59. The standard InChI is InChI=1S/C22H27N3O3/c1-15-5-6-19-17(13-15)21-18(14-27-19)20(23-28-21)22(26)25-11-7-16(8-12-25)24-9-3-2-4-10-24/h5-6,13,16H,2-4,7-12,14H2,1H3. The van der Waals surface area contributed by atoms with Gasteiger partial charge >= 0.3 is 0 Å². The molecule has 5 rings (SSSR count). The fraction of sp³-hybridized carbons (Fsp3) is 0.545. The third-order valence-electron chi connectivity index (χ3n) is 6.40. The lowest BCUT2D eigenvalue weighted by molar-refractivity contribution is 0.0579. The molecule has 6 heteroatoms. The number of amides is 1. The van der Waals surface area contributed by atoms with Gasteiger partial charge in [0.1, 0.15) is 12.4 Å². The first-order chi connectivity index (χ1) is 13.7. The van der Waals surface area contributed by atoms with Crippen molar-refractivity contribution in [1.82, 2.24) is 15.0 Å². The third-order valence-corrected chi connectivity index (χ3v) is 6.40. The van der Waals surface area contributed by atoms with Crippen LogP contribution in [-0.2, 0) is 6.61 Å². The molecule has 2 aromatic rings. The Hall–Kier alpha value is -2.34. The van der Waals surface area contributed by atoms with Gasteiger partial charge < -0.3 is 19.1 Å². The molecule has 3 aliphatic rings. The minimum atomic E-state index is -0.0261. The maximum absolute atomic E-state index is 13.1. The third kappa shape index (κ3) is 3.09. The molecule has 0 N–H and O–H groups in total. The monoisotopic (exact) mass is 381 g/mol. The van der Waals surface area contributed by atoms with Gasteiger partial charge in [0.05, 0.1) is 11.1 Å². The topological polar surface area (TPSA) is 58.8 Å². The van der Waals surface area contributed by atoms with Crippen LogP contribution in [0, 0.1) is 6.92 Å². The van der Waals surface area contributed by atoms with E-state index in [4.69, 9.17) is 9.26 Å². The van der Waals surface area contributed by atoms with Crippen LogP contribution in [-0.4, -0.2) is 53.1 Å². The summed E-state index contributed by atoms with van der Waals surface area (Å²) in [6.45, 7) is 6.37. The highest BCUT2D eigenvalue weighted by atomic mass is 16.5. The number of carbonyl (C=O) groups is 1. The molecule has 148 valence electrons. The Balaban J connectivity index is 1.31. The number of carbonyl (C=O) groups excluding carboxylic acids is 1. The number of likely N-dealkylation sites (tertiary alicyclic amines) is 2. The van der Waals surface area contributed by atoms with Crippen molar-refractivity contribution < 1.29 is 14.1 Å². The summed E-state index contributed by atoms with van der Waals surface area (Å²) < 4.78 is 11.5. The molecule has 0 saturated carbocycles. The molecule has 1 aromatic heterocycles. The maximum Gasteiger partial charge on any atom is 0.276 e. The van der Waals surface area contributed by atoms with Crippen LogP contribution < -0.4 is 4.74 Å². The van der Waals surface area contributed by atoms with E-state index in [1.807, 2.05) is 30.0 Å². The molecule has 0 unspecified atom stereocenters. The Bertz CT molecular complexity index is 877. The lowest BCUT2D eigenvalue weighted by Gasteiger charge is -2.40. The molecule has 0 radical (unpaired) electrons. The lowest BCUT2D eigenvalue weighted by atomic mass is 9.98. The summed E-state index contributed by atoms with van der Waals surface area (Å²) in [6.07, 6.45) is 6.07. The van der Waals surface area contributed by atoms with Crippen molar-refractivity contribution in [2.24, 2.45) is 0 Å². The number of aromatic nitrogens is 1. The fourth-order valence-corrected chi connectivity index (χ4v) is 4.79. The maximum atomic E-state index is 13.1. The average molecular weight is 381 g/mol. The summed E-state index contributed by atoms with van der Waals surface area (Å²) in [5.74, 6) is 1.44. The largest absolute Gasteiger partial charge is 0.488 e. The molecule has 1 aromatic carbocycles. The lowest BCUT2D eigenvalue weighted by Crippen LogP contribution is -2.48. The molecule has 28 heavy (non-hydrogen) atoms. The molecule has 0 atom stereocenters. The summed E-state index contributed by atoms with van der Waals surface area (Å²) in [7, 11) is 0. The molecule has 2 saturated heterocycles. The number of hydrogen-bond donors (Lipinski definition) is 0. The number of nitrogens with zero attached hydrogens (tertiary/aromatic N) is 3. The highest BCUT2D eigenvalue weighted by Crippen LogP contribution is 2.39. The second-order valence-electron chi connectivity index (χ2n) is 8.25. The average Bonchev–Trinajstić information content (AvgIpc) is 3.18. The van der Waals surface area contributed by atoms with E-state index in [-0.39, 0.29) is 5.91 Å². The first-order valence-electron chi connectivity index (χ1n) is 10.5. The summed E-state index contributed by atoms with van der Waals surface area (Å²) in [5.41, 5.74) is 3.20. The van der Waals surface area contributed by atoms with Crippen molar-refractivity contribution in [2.75, 3.05) is 26.2 Å². The zero-order valence-corrected chi connectivity index (χ0v) is 16.4. The molecular formula is C22H27N3O3. The van der Waals surface area contributed by atoms with Crippen LogP contribution in [0.1, 0.15) is 53.7 Å². The van der Waals surface area contributed by atoms with E-state index >= 15 is 0 Å². The Labute approximate surface area is 165 Å². The van der Waals surface area contributed by atoms with Gasteiger partial charge in [-0.3, -0.25) is 4.79 Å². The normalized spacial score (nSPS) is 20.4. The second kappa shape index (κ2) is 7.24. The second-order valence-corrected chi connectivity index (χ2v) is 8.25. The number of piperidine rings is 2. The zero-order chi connectivity index (χ0) is 19.1. The quantitative estimate of drug-likeness (QED) is 0.795. The molecule has 3 aliphatic heterocycles. The first kappa shape index (κ1) is 17.7. The van der Waals surface area contributed by atoms with Crippen molar-refractivity contribution in [2.45, 2.75) is 51.7 Å². The van der Waals surface area contributed by atoms with Crippen molar-refractivity contribution in [3.8, 4) is 17.1 Å². The van der Waals surface area contributed by atoms with Crippen molar-refractivity contribution >= 4 is 5.91 Å². The highest BCUT2D eigenvalue weighted by Gasteiger charge is 2.33. The van der Waals surface area contributed by atoms with E-state index in [9.17, 15) is 4.79 Å². The molecule has 1 amide bonds.